The van der Waals surface area contributed by atoms with Crippen LogP contribution in [0.5, 0.6) is 0 Å². The van der Waals surface area contributed by atoms with Crippen LogP contribution in [0.4, 0.5) is 5.69 Å². The van der Waals surface area contributed by atoms with E-state index in [4.69, 9.17) is 20.9 Å². The van der Waals surface area contributed by atoms with Crippen molar-refractivity contribution in [2.24, 2.45) is 5.92 Å². The van der Waals surface area contributed by atoms with Crippen LogP contribution in [0.15, 0.2) is 53.1 Å². The predicted octanol–water partition coefficient (Wildman–Crippen LogP) is 4.01. The molecule has 1 aliphatic rings. The number of likely N-dealkylation sites (tertiary alicyclic amines) is 1. The largest absolute Gasteiger partial charge is 0.385 e. The smallest absolute Gasteiger partial charge is 0.253 e. The monoisotopic (exact) mass is 511 g/mol. The standard InChI is InChI=1S/C26H30ClN5O4/c1-35-15-7-13-28-26(34)20-10-3-5-12-22(20)29-25(33)18-8-6-14-32(16-18)17-23-30-24(31-36-23)19-9-2-4-11-21(19)27/h2-5,9-12,18H,6-8,13-17H2,1H3,(H,28,34)(H,29,33). The number of anilines is 1. The van der Waals surface area contributed by atoms with Gasteiger partial charge in [0.15, 0.2) is 0 Å². The van der Waals surface area contributed by atoms with E-state index in [1.165, 1.54) is 0 Å². The highest BCUT2D eigenvalue weighted by Crippen LogP contribution is 2.26. The van der Waals surface area contributed by atoms with Gasteiger partial charge in [-0.05, 0) is 50.1 Å². The van der Waals surface area contributed by atoms with E-state index in [0.717, 1.165) is 19.4 Å². The fourth-order valence-corrected chi connectivity index (χ4v) is 4.43. The number of benzene rings is 2. The van der Waals surface area contributed by atoms with Crippen molar-refractivity contribution in [1.29, 1.82) is 0 Å². The number of halogens is 1. The van der Waals surface area contributed by atoms with Gasteiger partial charge in [0.25, 0.3) is 5.91 Å². The zero-order valence-electron chi connectivity index (χ0n) is 20.2. The summed E-state index contributed by atoms with van der Waals surface area (Å²) in [7, 11) is 1.62. The van der Waals surface area contributed by atoms with E-state index in [2.05, 4.69) is 25.7 Å². The Morgan fingerprint density at radius 3 is 2.83 bits per heavy atom. The maximum Gasteiger partial charge on any atom is 0.253 e. The topological polar surface area (TPSA) is 110 Å². The average molecular weight is 512 g/mol. The molecule has 9 nitrogen and oxygen atoms in total. The number of nitrogens with one attached hydrogen (secondary N) is 2. The van der Waals surface area contributed by atoms with E-state index in [1.807, 2.05) is 18.2 Å². The Morgan fingerprint density at radius 1 is 1.19 bits per heavy atom. The lowest BCUT2D eigenvalue weighted by Crippen LogP contribution is -2.40. The van der Waals surface area contributed by atoms with Gasteiger partial charge < -0.3 is 19.9 Å². The maximum atomic E-state index is 13.1. The summed E-state index contributed by atoms with van der Waals surface area (Å²) < 4.78 is 10.5. The van der Waals surface area contributed by atoms with Gasteiger partial charge in [-0.25, -0.2) is 0 Å². The van der Waals surface area contributed by atoms with Crippen molar-refractivity contribution in [3.63, 3.8) is 0 Å². The molecule has 2 amide bonds. The molecule has 0 aliphatic carbocycles. The van der Waals surface area contributed by atoms with Crippen LogP contribution in [0.25, 0.3) is 11.4 Å². The van der Waals surface area contributed by atoms with Gasteiger partial charge in [-0.15, -0.1) is 0 Å². The Labute approximate surface area is 215 Å². The van der Waals surface area contributed by atoms with Crippen LogP contribution < -0.4 is 10.6 Å². The van der Waals surface area contributed by atoms with Crippen LogP contribution in [0, 0.1) is 5.92 Å². The molecule has 2 N–H and O–H groups in total. The predicted molar refractivity (Wildman–Crippen MR) is 137 cm³/mol. The maximum absolute atomic E-state index is 13.1. The number of rotatable bonds is 10. The second-order valence-corrected chi connectivity index (χ2v) is 9.11. The third-order valence-electron chi connectivity index (χ3n) is 6.06. The Balaban J connectivity index is 1.35. The van der Waals surface area contributed by atoms with Gasteiger partial charge in [-0.2, -0.15) is 4.98 Å². The van der Waals surface area contributed by atoms with Gasteiger partial charge in [0.1, 0.15) is 0 Å². The number of carbonyl (C=O) groups excluding carboxylic acids is 2. The van der Waals surface area contributed by atoms with Gasteiger partial charge in [0.05, 0.1) is 28.7 Å². The lowest BCUT2D eigenvalue weighted by atomic mass is 9.96. The summed E-state index contributed by atoms with van der Waals surface area (Å²) in [4.78, 5) is 32.4. The third kappa shape index (κ3) is 6.69. The summed E-state index contributed by atoms with van der Waals surface area (Å²) in [6, 6.07) is 14.4. The minimum Gasteiger partial charge on any atom is -0.385 e. The minimum atomic E-state index is -0.224. The lowest BCUT2D eigenvalue weighted by molar-refractivity contribution is -0.121. The Morgan fingerprint density at radius 2 is 2.00 bits per heavy atom. The van der Waals surface area contributed by atoms with Crippen LogP contribution in [-0.2, 0) is 16.1 Å². The molecular formula is C26H30ClN5O4. The molecular weight excluding hydrogens is 482 g/mol. The summed E-state index contributed by atoms with van der Waals surface area (Å²) in [5.41, 5.74) is 1.66. The summed E-state index contributed by atoms with van der Waals surface area (Å²) in [6.45, 7) is 2.90. The molecule has 0 spiro atoms. The summed E-state index contributed by atoms with van der Waals surface area (Å²) in [5, 5.41) is 10.4. The first kappa shape index (κ1) is 25.8. The van der Waals surface area contributed by atoms with Gasteiger partial charge in [0, 0.05) is 32.4 Å². The number of piperidine rings is 1. The molecule has 2 heterocycles. The van der Waals surface area contributed by atoms with Crippen molar-refractivity contribution in [2.75, 3.05) is 38.7 Å². The molecule has 2 aromatic carbocycles. The second kappa shape index (κ2) is 12.6. The lowest BCUT2D eigenvalue weighted by Gasteiger charge is -2.31. The molecule has 0 bridgehead atoms. The molecule has 3 aromatic rings. The zero-order chi connectivity index (χ0) is 25.3. The average Bonchev–Trinajstić information content (AvgIpc) is 3.35. The van der Waals surface area contributed by atoms with Crippen molar-refractivity contribution in [2.45, 2.75) is 25.8 Å². The molecule has 10 heteroatoms. The Hall–Kier alpha value is -3.27. The van der Waals surface area contributed by atoms with E-state index < -0.39 is 0 Å². The molecule has 0 saturated carbocycles. The minimum absolute atomic E-state index is 0.110. The van der Waals surface area contributed by atoms with Crippen LogP contribution in [0.1, 0.15) is 35.5 Å². The summed E-state index contributed by atoms with van der Waals surface area (Å²) in [6.07, 6.45) is 2.35. The summed E-state index contributed by atoms with van der Waals surface area (Å²) in [5.74, 6) is 0.364. The second-order valence-electron chi connectivity index (χ2n) is 8.70. The van der Waals surface area contributed by atoms with E-state index in [0.29, 0.717) is 66.2 Å². The van der Waals surface area contributed by atoms with Gasteiger partial charge in [-0.1, -0.05) is 41.0 Å². The van der Waals surface area contributed by atoms with Crippen LogP contribution in [0.2, 0.25) is 5.02 Å². The van der Waals surface area contributed by atoms with E-state index in [9.17, 15) is 9.59 Å². The first-order chi connectivity index (χ1) is 17.5. The van der Waals surface area contributed by atoms with Crippen molar-refractivity contribution in [3.8, 4) is 11.4 Å². The SMILES string of the molecule is COCCCNC(=O)c1ccccc1NC(=O)C1CCCN(Cc2nc(-c3ccccc3Cl)no2)C1. The molecule has 36 heavy (non-hydrogen) atoms. The molecule has 0 radical (unpaired) electrons. The van der Waals surface area contributed by atoms with Gasteiger partial charge in [0.2, 0.25) is 17.6 Å². The number of hydrogen-bond donors (Lipinski definition) is 2. The Bertz CT molecular complexity index is 1180. The number of hydrogen-bond acceptors (Lipinski definition) is 7. The molecule has 1 unspecified atom stereocenters. The molecule has 1 aliphatic heterocycles. The normalized spacial score (nSPS) is 16.0. The molecule has 190 valence electrons. The highest BCUT2D eigenvalue weighted by atomic mass is 35.5. The van der Waals surface area contributed by atoms with Crippen molar-refractivity contribution in [1.82, 2.24) is 20.4 Å². The molecule has 1 fully saturated rings. The fourth-order valence-electron chi connectivity index (χ4n) is 4.21. The van der Waals surface area contributed by atoms with Crippen molar-refractivity contribution >= 4 is 29.1 Å². The van der Waals surface area contributed by atoms with Crippen molar-refractivity contribution < 1.29 is 18.8 Å². The first-order valence-electron chi connectivity index (χ1n) is 12.0. The molecule has 1 saturated heterocycles. The number of aromatic nitrogens is 2. The first-order valence-corrected chi connectivity index (χ1v) is 12.4. The number of ether oxygens (including phenoxy) is 1. The molecule has 1 aromatic heterocycles. The molecule has 1 atom stereocenters. The van der Waals surface area contributed by atoms with E-state index in [1.54, 1.807) is 37.4 Å². The van der Waals surface area contributed by atoms with Crippen LogP contribution in [-0.4, -0.2) is 60.2 Å². The van der Waals surface area contributed by atoms with E-state index >= 15 is 0 Å². The number of nitrogens with zero attached hydrogens (tertiary/aromatic N) is 3. The fraction of sp³-hybridized carbons (Fsp3) is 0.385. The highest BCUT2D eigenvalue weighted by molar-refractivity contribution is 6.33. The van der Waals surface area contributed by atoms with Crippen molar-refractivity contribution in [3.05, 3.63) is 65.0 Å². The Kier molecular flexibility index (Phi) is 9.05. The number of para-hydroxylation sites is 1. The number of carbonyl (C=O) groups is 2. The highest BCUT2D eigenvalue weighted by Gasteiger charge is 2.28. The number of methoxy groups -OCH3 is 1. The van der Waals surface area contributed by atoms with Gasteiger partial charge >= 0.3 is 0 Å². The van der Waals surface area contributed by atoms with E-state index in [-0.39, 0.29) is 17.7 Å². The molecule has 4 rings (SSSR count). The van der Waals surface area contributed by atoms with Gasteiger partial charge in [-0.3, -0.25) is 14.5 Å². The quantitative estimate of drug-likeness (QED) is 0.396. The van der Waals surface area contributed by atoms with Crippen LogP contribution in [0.3, 0.4) is 0 Å². The summed E-state index contributed by atoms with van der Waals surface area (Å²) >= 11 is 6.24. The third-order valence-corrected chi connectivity index (χ3v) is 6.39. The zero-order valence-corrected chi connectivity index (χ0v) is 21.0. The van der Waals surface area contributed by atoms with Crippen LogP contribution >= 0.6 is 11.6 Å². The number of amides is 2.